The first kappa shape index (κ1) is 17.5. The molecule has 0 spiro atoms. The van der Waals surface area contributed by atoms with Crippen LogP contribution in [0, 0.1) is 6.92 Å². The van der Waals surface area contributed by atoms with E-state index in [1.807, 2.05) is 6.92 Å². The van der Waals surface area contributed by atoms with Crippen LogP contribution in [0.25, 0.3) is 0 Å². The van der Waals surface area contributed by atoms with Crippen molar-refractivity contribution in [3.8, 4) is 0 Å². The van der Waals surface area contributed by atoms with Crippen LogP contribution in [0.15, 0.2) is 24.3 Å². The Morgan fingerprint density at radius 1 is 1.38 bits per heavy atom. The van der Waals surface area contributed by atoms with E-state index in [1.54, 1.807) is 6.92 Å². The van der Waals surface area contributed by atoms with Gasteiger partial charge in [-0.15, -0.1) is 0 Å². The second-order valence-corrected chi connectivity index (χ2v) is 5.89. The van der Waals surface area contributed by atoms with Gasteiger partial charge in [0, 0.05) is 19.3 Å². The van der Waals surface area contributed by atoms with Crippen LogP contribution in [-0.2, 0) is 4.79 Å². The van der Waals surface area contributed by atoms with Crippen LogP contribution in [0.3, 0.4) is 0 Å². The molecular weight excluding hydrogens is 264 g/mol. The summed E-state index contributed by atoms with van der Waals surface area (Å²) in [5.74, 6) is -0.767. The summed E-state index contributed by atoms with van der Waals surface area (Å²) in [5, 5.41) is 12.4. The van der Waals surface area contributed by atoms with E-state index in [9.17, 15) is 9.90 Å². The molecule has 1 aromatic carbocycles. The zero-order valence-electron chi connectivity index (χ0n) is 13.6. The maximum absolute atomic E-state index is 11.3. The number of nitrogens with one attached hydrogen (secondary N) is 1. The fourth-order valence-electron chi connectivity index (χ4n) is 2.48. The van der Waals surface area contributed by atoms with Crippen molar-refractivity contribution in [1.82, 2.24) is 5.32 Å². The van der Waals surface area contributed by atoms with Gasteiger partial charge in [-0.2, -0.15) is 0 Å². The van der Waals surface area contributed by atoms with Gasteiger partial charge in [0.2, 0.25) is 0 Å². The standard InChI is InChI=1S/C17H28N2O2/c1-5-18-17(3,16(20)21)11-6-7-12-19(4)15-10-8-9-14(2)13-15/h8-10,13,18H,5-7,11-12H2,1-4H3,(H,20,21). The molecule has 0 aliphatic carbocycles. The Morgan fingerprint density at radius 3 is 2.67 bits per heavy atom. The number of aliphatic carboxylic acids is 1. The maximum atomic E-state index is 11.3. The van der Waals surface area contributed by atoms with Crippen molar-refractivity contribution < 1.29 is 9.90 Å². The van der Waals surface area contributed by atoms with Crippen molar-refractivity contribution in [3.05, 3.63) is 29.8 Å². The van der Waals surface area contributed by atoms with Gasteiger partial charge in [0.05, 0.1) is 0 Å². The van der Waals surface area contributed by atoms with E-state index in [-0.39, 0.29) is 0 Å². The summed E-state index contributed by atoms with van der Waals surface area (Å²) in [4.78, 5) is 13.5. The van der Waals surface area contributed by atoms with Crippen LogP contribution in [-0.4, -0.2) is 36.8 Å². The van der Waals surface area contributed by atoms with Crippen LogP contribution in [0.5, 0.6) is 0 Å². The highest BCUT2D eigenvalue weighted by Gasteiger charge is 2.30. The van der Waals surface area contributed by atoms with Gasteiger partial charge in [0.25, 0.3) is 0 Å². The highest BCUT2D eigenvalue weighted by molar-refractivity contribution is 5.78. The van der Waals surface area contributed by atoms with Gasteiger partial charge < -0.3 is 15.3 Å². The van der Waals surface area contributed by atoms with Gasteiger partial charge >= 0.3 is 5.97 Å². The Morgan fingerprint density at radius 2 is 2.10 bits per heavy atom. The average Bonchev–Trinajstić information content (AvgIpc) is 2.43. The topological polar surface area (TPSA) is 52.6 Å². The number of carboxylic acid groups (broad SMARTS) is 1. The van der Waals surface area contributed by atoms with Gasteiger partial charge in [-0.1, -0.05) is 19.1 Å². The zero-order valence-corrected chi connectivity index (χ0v) is 13.6. The van der Waals surface area contributed by atoms with E-state index in [0.717, 1.165) is 19.4 Å². The smallest absolute Gasteiger partial charge is 0.323 e. The van der Waals surface area contributed by atoms with Crippen molar-refractivity contribution in [2.45, 2.75) is 45.6 Å². The second kappa shape index (κ2) is 8.03. The minimum Gasteiger partial charge on any atom is -0.480 e. The average molecular weight is 292 g/mol. The molecule has 1 unspecified atom stereocenters. The summed E-state index contributed by atoms with van der Waals surface area (Å²) in [7, 11) is 2.08. The molecule has 118 valence electrons. The molecule has 21 heavy (non-hydrogen) atoms. The molecule has 0 bridgehead atoms. The van der Waals surface area contributed by atoms with Crippen LogP contribution >= 0.6 is 0 Å². The number of carbonyl (C=O) groups is 1. The minimum absolute atomic E-state index is 0.651. The molecule has 0 aromatic heterocycles. The number of benzene rings is 1. The Hall–Kier alpha value is -1.55. The first-order chi connectivity index (χ1) is 9.89. The third kappa shape index (κ3) is 5.38. The number of carboxylic acids is 1. The Balaban J connectivity index is 2.41. The zero-order chi connectivity index (χ0) is 15.9. The Kier molecular flexibility index (Phi) is 6.69. The van der Waals surface area contributed by atoms with Crippen molar-refractivity contribution in [2.75, 3.05) is 25.0 Å². The van der Waals surface area contributed by atoms with Gasteiger partial charge in [-0.05, 0) is 57.4 Å². The summed E-state index contributed by atoms with van der Waals surface area (Å²) in [6.45, 7) is 7.40. The van der Waals surface area contributed by atoms with E-state index < -0.39 is 11.5 Å². The van der Waals surface area contributed by atoms with Crippen LogP contribution in [0.4, 0.5) is 5.69 Å². The number of aryl methyl sites for hydroxylation is 1. The molecule has 4 heteroatoms. The summed E-state index contributed by atoms with van der Waals surface area (Å²) in [6, 6.07) is 8.42. The largest absolute Gasteiger partial charge is 0.480 e. The molecule has 1 rings (SSSR count). The van der Waals surface area contributed by atoms with Crippen molar-refractivity contribution in [2.24, 2.45) is 0 Å². The van der Waals surface area contributed by atoms with Crippen molar-refractivity contribution >= 4 is 11.7 Å². The number of hydrogen-bond acceptors (Lipinski definition) is 3. The molecule has 0 aliphatic rings. The molecule has 2 N–H and O–H groups in total. The van der Waals surface area contributed by atoms with Crippen LogP contribution < -0.4 is 10.2 Å². The third-order valence-corrected chi connectivity index (χ3v) is 3.90. The lowest BCUT2D eigenvalue weighted by Gasteiger charge is -2.26. The highest BCUT2D eigenvalue weighted by Crippen LogP contribution is 2.17. The molecule has 0 aliphatic heterocycles. The molecule has 0 saturated carbocycles. The fourth-order valence-corrected chi connectivity index (χ4v) is 2.48. The third-order valence-electron chi connectivity index (χ3n) is 3.90. The summed E-state index contributed by atoms with van der Waals surface area (Å²) < 4.78 is 0. The molecule has 0 radical (unpaired) electrons. The number of rotatable bonds is 9. The summed E-state index contributed by atoms with van der Waals surface area (Å²) in [6.07, 6.45) is 2.53. The summed E-state index contributed by atoms with van der Waals surface area (Å²) in [5.41, 5.74) is 1.66. The second-order valence-electron chi connectivity index (χ2n) is 5.89. The van der Waals surface area contributed by atoms with Crippen LogP contribution in [0.2, 0.25) is 0 Å². The molecule has 0 fully saturated rings. The monoisotopic (exact) mass is 292 g/mol. The number of anilines is 1. The normalized spacial score (nSPS) is 13.7. The SMILES string of the molecule is CCNC(C)(CCCCN(C)c1cccc(C)c1)C(=O)O. The quantitative estimate of drug-likeness (QED) is 0.687. The molecule has 4 nitrogen and oxygen atoms in total. The highest BCUT2D eigenvalue weighted by atomic mass is 16.4. The van der Waals surface area contributed by atoms with E-state index in [0.29, 0.717) is 13.0 Å². The first-order valence-corrected chi connectivity index (χ1v) is 7.65. The summed E-state index contributed by atoms with van der Waals surface area (Å²) >= 11 is 0. The van der Waals surface area contributed by atoms with E-state index in [2.05, 4.69) is 48.5 Å². The fraction of sp³-hybridized carbons (Fsp3) is 0.588. The van der Waals surface area contributed by atoms with E-state index in [1.165, 1.54) is 11.3 Å². The van der Waals surface area contributed by atoms with Crippen molar-refractivity contribution in [1.29, 1.82) is 0 Å². The Labute approximate surface area is 128 Å². The lowest BCUT2D eigenvalue weighted by atomic mass is 9.95. The number of hydrogen-bond donors (Lipinski definition) is 2. The molecule has 0 heterocycles. The lowest BCUT2D eigenvalue weighted by molar-refractivity contribution is -0.144. The number of unbranched alkanes of at least 4 members (excludes halogenated alkanes) is 1. The molecular formula is C17H28N2O2. The predicted molar refractivity (Wildman–Crippen MR) is 88.0 cm³/mol. The molecule has 0 amide bonds. The van der Waals surface area contributed by atoms with Crippen LogP contribution in [0.1, 0.15) is 38.7 Å². The van der Waals surface area contributed by atoms with Gasteiger partial charge in [-0.3, -0.25) is 4.79 Å². The van der Waals surface area contributed by atoms with Crippen molar-refractivity contribution in [3.63, 3.8) is 0 Å². The minimum atomic E-state index is -0.809. The predicted octanol–water partition coefficient (Wildman–Crippen LogP) is 3.05. The first-order valence-electron chi connectivity index (χ1n) is 7.65. The maximum Gasteiger partial charge on any atom is 0.323 e. The lowest BCUT2D eigenvalue weighted by Crippen LogP contribution is -2.49. The molecule has 1 atom stereocenters. The van der Waals surface area contributed by atoms with E-state index in [4.69, 9.17) is 0 Å². The van der Waals surface area contributed by atoms with Gasteiger partial charge in [0.15, 0.2) is 0 Å². The molecule has 1 aromatic rings. The Bertz CT molecular complexity index is 462. The van der Waals surface area contributed by atoms with Gasteiger partial charge in [-0.25, -0.2) is 0 Å². The van der Waals surface area contributed by atoms with E-state index >= 15 is 0 Å². The number of likely N-dealkylation sites (N-methyl/N-ethyl adjacent to an activating group) is 1. The molecule has 0 saturated heterocycles. The van der Waals surface area contributed by atoms with Gasteiger partial charge in [0.1, 0.15) is 5.54 Å². The number of nitrogens with zero attached hydrogens (tertiary/aromatic N) is 1.